The quantitative estimate of drug-likeness (QED) is 0.225. The maximum absolute atomic E-state index is 11.4. The lowest BCUT2D eigenvalue weighted by Gasteiger charge is -2.28. The van der Waals surface area contributed by atoms with E-state index in [9.17, 15) is 4.79 Å². The monoisotopic (exact) mass is 328 g/mol. The van der Waals surface area contributed by atoms with Crippen LogP contribution in [0.25, 0.3) is 0 Å². The van der Waals surface area contributed by atoms with Crippen molar-refractivity contribution in [3.05, 3.63) is 24.8 Å². The van der Waals surface area contributed by atoms with Crippen molar-refractivity contribution in [2.75, 3.05) is 27.6 Å². The third-order valence-corrected chi connectivity index (χ3v) is 3.75. The van der Waals surface area contributed by atoms with Crippen LogP contribution in [0.2, 0.25) is 0 Å². The molecule has 0 N–H and O–H groups in total. The molecule has 0 saturated carbocycles. The maximum Gasteiger partial charge on any atom is 0.330 e. The summed E-state index contributed by atoms with van der Waals surface area (Å²) in [5.41, 5.74) is 0. The standard InChI is InChI=1S/C18H32O5/c1-7-16(21-6)11-9-14(3)18(23-13-20-5)15(4)10-12-17(19)22-8-2/h7,10,12,14-16,18H,1,8-9,11,13H2,2-6H3/b12-10+/t14-,15-,16-,18-/m1/s1. The van der Waals surface area contributed by atoms with Gasteiger partial charge in [-0.2, -0.15) is 0 Å². The molecule has 5 nitrogen and oxygen atoms in total. The summed E-state index contributed by atoms with van der Waals surface area (Å²) in [6.07, 6.45) is 6.90. The van der Waals surface area contributed by atoms with Crippen molar-refractivity contribution in [3.63, 3.8) is 0 Å². The Morgan fingerprint density at radius 2 is 1.91 bits per heavy atom. The van der Waals surface area contributed by atoms with Crippen molar-refractivity contribution in [2.45, 2.75) is 45.8 Å². The van der Waals surface area contributed by atoms with Crippen molar-refractivity contribution in [3.8, 4) is 0 Å². The first-order chi connectivity index (χ1) is 11.0. The molecule has 0 rings (SSSR count). The van der Waals surface area contributed by atoms with Crippen LogP contribution in [-0.4, -0.2) is 45.8 Å². The van der Waals surface area contributed by atoms with E-state index in [1.54, 1.807) is 21.1 Å². The molecule has 0 heterocycles. The fraction of sp³-hybridized carbons (Fsp3) is 0.722. The molecular formula is C18H32O5. The predicted molar refractivity (Wildman–Crippen MR) is 91.1 cm³/mol. The number of rotatable bonds is 13. The number of methoxy groups -OCH3 is 2. The van der Waals surface area contributed by atoms with Gasteiger partial charge in [0, 0.05) is 26.2 Å². The molecule has 0 fully saturated rings. The van der Waals surface area contributed by atoms with E-state index >= 15 is 0 Å². The van der Waals surface area contributed by atoms with Crippen LogP contribution in [0.15, 0.2) is 24.8 Å². The average molecular weight is 328 g/mol. The molecule has 0 unspecified atom stereocenters. The summed E-state index contributed by atoms with van der Waals surface area (Å²) in [5.74, 6) is 0.0162. The van der Waals surface area contributed by atoms with E-state index in [2.05, 4.69) is 13.5 Å². The minimum atomic E-state index is -0.330. The van der Waals surface area contributed by atoms with Gasteiger partial charge in [0.25, 0.3) is 0 Å². The Balaban J connectivity index is 4.69. The molecule has 0 amide bonds. The van der Waals surface area contributed by atoms with Gasteiger partial charge in [-0.15, -0.1) is 6.58 Å². The van der Waals surface area contributed by atoms with Gasteiger partial charge in [-0.1, -0.05) is 26.0 Å². The van der Waals surface area contributed by atoms with E-state index in [4.69, 9.17) is 18.9 Å². The molecule has 23 heavy (non-hydrogen) atoms. The molecule has 0 aromatic carbocycles. The number of hydrogen-bond donors (Lipinski definition) is 0. The Hall–Kier alpha value is -1.17. The molecule has 0 bridgehead atoms. The van der Waals surface area contributed by atoms with Crippen molar-refractivity contribution >= 4 is 5.97 Å². The summed E-state index contributed by atoms with van der Waals surface area (Å²) < 4.78 is 21.1. The topological polar surface area (TPSA) is 54.0 Å². The van der Waals surface area contributed by atoms with Crippen LogP contribution >= 0.6 is 0 Å². The maximum atomic E-state index is 11.4. The van der Waals surface area contributed by atoms with Crippen molar-refractivity contribution < 1.29 is 23.7 Å². The lowest BCUT2D eigenvalue weighted by molar-refractivity contribution is -0.137. The predicted octanol–water partition coefficient (Wildman–Crippen LogP) is 3.35. The SMILES string of the molecule is C=C[C@H](CC[C@@H](C)[C@@H](OCOC)[C@H](C)/C=C/C(=O)OCC)OC. The molecule has 0 aliphatic carbocycles. The van der Waals surface area contributed by atoms with E-state index in [1.807, 2.05) is 19.1 Å². The van der Waals surface area contributed by atoms with Crippen LogP contribution in [-0.2, 0) is 23.7 Å². The van der Waals surface area contributed by atoms with Gasteiger partial charge in [0.15, 0.2) is 0 Å². The van der Waals surface area contributed by atoms with Crippen LogP contribution < -0.4 is 0 Å². The molecular weight excluding hydrogens is 296 g/mol. The second-order valence-corrected chi connectivity index (χ2v) is 5.57. The van der Waals surface area contributed by atoms with Crippen LogP contribution in [0.1, 0.15) is 33.6 Å². The number of carbonyl (C=O) groups excluding carboxylic acids is 1. The van der Waals surface area contributed by atoms with Gasteiger partial charge in [-0.05, 0) is 25.7 Å². The zero-order valence-electron chi connectivity index (χ0n) is 15.1. The van der Waals surface area contributed by atoms with Gasteiger partial charge in [-0.3, -0.25) is 0 Å². The van der Waals surface area contributed by atoms with Gasteiger partial charge in [0.05, 0.1) is 18.8 Å². The Kier molecular flexibility index (Phi) is 12.6. The normalized spacial score (nSPS) is 16.7. The summed E-state index contributed by atoms with van der Waals surface area (Å²) in [6.45, 7) is 10.3. The van der Waals surface area contributed by atoms with Gasteiger partial charge in [0.2, 0.25) is 0 Å². The Morgan fingerprint density at radius 3 is 2.43 bits per heavy atom. The van der Waals surface area contributed by atoms with Crippen LogP contribution in [0, 0.1) is 11.8 Å². The van der Waals surface area contributed by atoms with Crippen LogP contribution in [0.4, 0.5) is 0 Å². The molecule has 0 spiro atoms. The van der Waals surface area contributed by atoms with E-state index in [-0.39, 0.29) is 36.8 Å². The molecule has 0 aliphatic rings. The first-order valence-electron chi connectivity index (χ1n) is 8.10. The van der Waals surface area contributed by atoms with Gasteiger partial charge < -0.3 is 18.9 Å². The van der Waals surface area contributed by atoms with E-state index in [0.29, 0.717) is 6.61 Å². The highest BCUT2D eigenvalue weighted by Gasteiger charge is 2.24. The van der Waals surface area contributed by atoms with Gasteiger partial charge in [-0.25, -0.2) is 4.79 Å². The summed E-state index contributed by atoms with van der Waals surface area (Å²) >= 11 is 0. The van der Waals surface area contributed by atoms with Crippen molar-refractivity contribution in [2.24, 2.45) is 11.8 Å². The third kappa shape index (κ3) is 9.54. The lowest BCUT2D eigenvalue weighted by Crippen LogP contribution is -2.30. The minimum Gasteiger partial charge on any atom is -0.463 e. The van der Waals surface area contributed by atoms with Gasteiger partial charge in [0.1, 0.15) is 6.79 Å². The second-order valence-electron chi connectivity index (χ2n) is 5.57. The summed E-state index contributed by atoms with van der Waals surface area (Å²) in [7, 11) is 3.28. The van der Waals surface area contributed by atoms with Crippen molar-refractivity contribution in [1.82, 2.24) is 0 Å². The zero-order valence-corrected chi connectivity index (χ0v) is 15.1. The second kappa shape index (κ2) is 13.3. The first-order valence-corrected chi connectivity index (χ1v) is 8.10. The number of carbonyl (C=O) groups is 1. The van der Waals surface area contributed by atoms with E-state index in [0.717, 1.165) is 12.8 Å². The molecule has 134 valence electrons. The smallest absolute Gasteiger partial charge is 0.330 e. The molecule has 4 atom stereocenters. The summed E-state index contributed by atoms with van der Waals surface area (Å²) in [4.78, 5) is 11.4. The number of ether oxygens (including phenoxy) is 4. The largest absolute Gasteiger partial charge is 0.463 e. The number of hydrogen-bond acceptors (Lipinski definition) is 5. The molecule has 0 saturated heterocycles. The molecule has 5 heteroatoms. The molecule has 0 aromatic rings. The highest BCUT2D eigenvalue weighted by Crippen LogP contribution is 2.23. The third-order valence-electron chi connectivity index (χ3n) is 3.75. The summed E-state index contributed by atoms with van der Waals surface area (Å²) in [5, 5.41) is 0. The van der Waals surface area contributed by atoms with Crippen molar-refractivity contribution in [1.29, 1.82) is 0 Å². The number of esters is 1. The molecule has 0 radical (unpaired) electrons. The highest BCUT2D eigenvalue weighted by molar-refractivity contribution is 5.81. The van der Waals surface area contributed by atoms with E-state index < -0.39 is 0 Å². The summed E-state index contributed by atoms with van der Waals surface area (Å²) in [6, 6.07) is 0. The molecule has 0 aliphatic heterocycles. The fourth-order valence-electron chi connectivity index (χ4n) is 2.43. The van der Waals surface area contributed by atoms with E-state index in [1.165, 1.54) is 6.08 Å². The van der Waals surface area contributed by atoms with Crippen LogP contribution in [0.5, 0.6) is 0 Å². The van der Waals surface area contributed by atoms with Gasteiger partial charge >= 0.3 is 5.97 Å². The molecule has 0 aromatic heterocycles. The Bertz CT molecular complexity index is 353. The zero-order chi connectivity index (χ0) is 17.7. The Morgan fingerprint density at radius 1 is 1.22 bits per heavy atom. The van der Waals surface area contributed by atoms with Crippen LogP contribution in [0.3, 0.4) is 0 Å². The Labute approximate surface area is 140 Å². The average Bonchev–Trinajstić information content (AvgIpc) is 2.54. The highest BCUT2D eigenvalue weighted by atomic mass is 16.7. The fourth-order valence-corrected chi connectivity index (χ4v) is 2.43. The lowest BCUT2D eigenvalue weighted by atomic mass is 9.88. The minimum absolute atomic E-state index is 0.0471. The first kappa shape index (κ1) is 21.8.